The summed E-state index contributed by atoms with van der Waals surface area (Å²) in [5, 5.41) is 10.9. The number of cyclic esters (lactones) is 1. The summed E-state index contributed by atoms with van der Waals surface area (Å²) >= 11 is 0. The molecule has 4 rings (SSSR count). The van der Waals surface area contributed by atoms with Gasteiger partial charge in [0.25, 0.3) is 0 Å². The van der Waals surface area contributed by atoms with Gasteiger partial charge in [0, 0.05) is 12.3 Å². The van der Waals surface area contributed by atoms with Gasteiger partial charge in [-0.25, -0.2) is 4.79 Å². The first-order chi connectivity index (χ1) is 15.6. The molecule has 1 aliphatic heterocycles. The Morgan fingerprint density at radius 3 is 2.38 bits per heavy atom. The summed E-state index contributed by atoms with van der Waals surface area (Å²) < 4.78 is 16.3. The maximum absolute atomic E-state index is 13.8. The van der Waals surface area contributed by atoms with Crippen LogP contribution in [0.5, 0.6) is 0 Å². The van der Waals surface area contributed by atoms with Crippen LogP contribution >= 0.6 is 0 Å². The smallest absolute Gasteiger partial charge is 0.340 e. The van der Waals surface area contributed by atoms with Crippen LogP contribution in [0.25, 0.3) is 0 Å². The van der Waals surface area contributed by atoms with E-state index in [0.717, 1.165) is 0 Å². The van der Waals surface area contributed by atoms with Crippen LogP contribution in [-0.4, -0.2) is 53.7 Å². The lowest BCUT2D eigenvalue weighted by Crippen LogP contribution is -2.59. The van der Waals surface area contributed by atoms with Gasteiger partial charge < -0.3 is 19.3 Å². The Kier molecular flexibility index (Phi) is 5.12. The van der Waals surface area contributed by atoms with E-state index in [1.807, 2.05) is 19.9 Å². The number of hydrogen-bond donors (Lipinski definition) is 1. The van der Waals surface area contributed by atoms with Crippen molar-refractivity contribution in [3.63, 3.8) is 0 Å². The average Bonchev–Trinajstić information content (AvgIpc) is 2.81. The molecule has 1 N–H and O–H groups in total. The zero-order valence-electron chi connectivity index (χ0n) is 20.7. The predicted octanol–water partition coefficient (Wildman–Crippen LogP) is 2.59. The van der Waals surface area contributed by atoms with Crippen molar-refractivity contribution >= 4 is 23.7 Å². The van der Waals surface area contributed by atoms with E-state index in [9.17, 15) is 24.3 Å². The Labute approximate surface area is 199 Å². The van der Waals surface area contributed by atoms with Crippen molar-refractivity contribution in [1.82, 2.24) is 0 Å². The number of ketones is 1. The molecule has 8 nitrogen and oxygen atoms in total. The summed E-state index contributed by atoms with van der Waals surface area (Å²) in [5.74, 6) is -2.94. The molecule has 1 heterocycles. The van der Waals surface area contributed by atoms with Crippen molar-refractivity contribution in [2.45, 2.75) is 72.2 Å². The second kappa shape index (κ2) is 7.13. The van der Waals surface area contributed by atoms with Gasteiger partial charge in [-0.2, -0.15) is 0 Å². The maximum Gasteiger partial charge on any atom is 0.340 e. The number of aliphatic hydroxyl groups excluding tert-OH is 1. The fourth-order valence-electron chi connectivity index (χ4n) is 7.11. The number of aliphatic hydroxyl groups is 1. The van der Waals surface area contributed by atoms with Crippen molar-refractivity contribution in [2.75, 3.05) is 7.11 Å². The van der Waals surface area contributed by atoms with E-state index in [1.165, 1.54) is 14.0 Å². The quantitative estimate of drug-likeness (QED) is 0.370. The lowest BCUT2D eigenvalue weighted by molar-refractivity contribution is -0.180. The normalized spacial score (nSPS) is 40.5. The Bertz CT molecular complexity index is 1110. The number of carbonyl (C=O) groups is 4. The summed E-state index contributed by atoms with van der Waals surface area (Å²) in [4.78, 5) is 52.1. The number of fused-ring (bicyclic) bond motifs is 5. The number of rotatable bonds is 2. The predicted molar refractivity (Wildman–Crippen MR) is 120 cm³/mol. The van der Waals surface area contributed by atoms with Crippen molar-refractivity contribution in [1.29, 1.82) is 0 Å². The second-order valence-electron chi connectivity index (χ2n) is 10.9. The molecule has 34 heavy (non-hydrogen) atoms. The minimum Gasteiger partial charge on any atom is -0.468 e. The van der Waals surface area contributed by atoms with Crippen LogP contribution < -0.4 is 0 Å². The zero-order valence-corrected chi connectivity index (χ0v) is 20.7. The van der Waals surface area contributed by atoms with E-state index >= 15 is 0 Å². The molecular weight excluding hydrogens is 440 g/mol. The molecule has 6 atom stereocenters. The second-order valence-corrected chi connectivity index (χ2v) is 10.9. The minimum atomic E-state index is -1.64. The van der Waals surface area contributed by atoms with E-state index in [1.54, 1.807) is 20.8 Å². The lowest BCUT2D eigenvalue weighted by Gasteiger charge is -2.55. The highest BCUT2D eigenvalue weighted by Crippen LogP contribution is 2.73. The molecule has 8 heteroatoms. The Balaban J connectivity index is 2.07. The van der Waals surface area contributed by atoms with E-state index < -0.39 is 63.7 Å². The van der Waals surface area contributed by atoms with Gasteiger partial charge in [0.1, 0.15) is 11.0 Å². The molecule has 1 saturated heterocycles. The highest BCUT2D eigenvalue weighted by molar-refractivity contribution is 6.06. The number of hydrogen-bond acceptors (Lipinski definition) is 8. The Morgan fingerprint density at radius 2 is 1.82 bits per heavy atom. The van der Waals surface area contributed by atoms with E-state index in [-0.39, 0.29) is 12.8 Å². The molecule has 2 saturated carbocycles. The summed E-state index contributed by atoms with van der Waals surface area (Å²) in [7, 11) is 1.24. The standard InChI is InChI=1S/C26H32O8/c1-12-16-11-24(6)13(2)26(22(31)32-8,20(19(24)29)33-14(3)27)25(16,7)10-9-15-17(12)18(28)21(30)34-23(15,4)5/h9,16,18,20,28H,2,10-11H2,1,3-8H3/t16?,18-,20?,24?,25?,26+/m1/s1. The van der Waals surface area contributed by atoms with Crippen LogP contribution in [0.15, 0.2) is 34.9 Å². The number of ether oxygens (including phenoxy) is 3. The lowest BCUT2D eigenvalue weighted by atomic mass is 9.46. The molecule has 0 aromatic rings. The molecule has 0 spiro atoms. The van der Waals surface area contributed by atoms with Gasteiger partial charge in [-0.1, -0.05) is 25.2 Å². The molecule has 0 amide bonds. The van der Waals surface area contributed by atoms with Gasteiger partial charge in [0.2, 0.25) is 0 Å². The molecule has 3 aliphatic carbocycles. The summed E-state index contributed by atoms with van der Waals surface area (Å²) in [6.07, 6.45) is -0.445. The number of allylic oxidation sites excluding steroid dienone is 2. The molecular formula is C26H32O8. The van der Waals surface area contributed by atoms with Crippen LogP contribution in [0.1, 0.15) is 54.4 Å². The SMILES string of the molecule is C=C1C2(C)CC3C(C)=C4C(=CCC3(C)[C@]1(C(=O)OC)C(OC(C)=O)C2=O)C(C)(C)OC(=O)[C@@H]4O. The van der Waals surface area contributed by atoms with Crippen LogP contribution in [0.4, 0.5) is 0 Å². The first-order valence-corrected chi connectivity index (χ1v) is 11.4. The molecule has 0 aromatic carbocycles. The molecule has 0 radical (unpaired) electrons. The molecule has 0 aromatic heterocycles. The fourth-order valence-corrected chi connectivity index (χ4v) is 7.11. The molecule has 4 unspecified atom stereocenters. The maximum atomic E-state index is 13.8. The molecule has 2 bridgehead atoms. The third kappa shape index (κ3) is 2.63. The van der Waals surface area contributed by atoms with Crippen molar-refractivity contribution in [2.24, 2.45) is 22.2 Å². The number of methoxy groups -OCH3 is 1. The van der Waals surface area contributed by atoms with Gasteiger partial charge in [-0.3, -0.25) is 14.4 Å². The summed E-state index contributed by atoms with van der Waals surface area (Å²) in [6.45, 7) is 14.3. The third-order valence-electron chi connectivity index (χ3n) is 8.86. The molecule has 4 aliphatic rings. The first kappa shape index (κ1) is 24.4. The molecule has 3 fully saturated rings. The largest absolute Gasteiger partial charge is 0.468 e. The van der Waals surface area contributed by atoms with Crippen molar-refractivity contribution < 1.29 is 38.5 Å². The van der Waals surface area contributed by atoms with Crippen LogP contribution in [0.2, 0.25) is 0 Å². The number of Topliss-reactive ketones (excluding diaryl/α,β-unsaturated/α-hetero) is 1. The van der Waals surface area contributed by atoms with Crippen LogP contribution in [0.3, 0.4) is 0 Å². The first-order valence-electron chi connectivity index (χ1n) is 11.4. The van der Waals surface area contributed by atoms with Gasteiger partial charge >= 0.3 is 17.9 Å². The Morgan fingerprint density at radius 1 is 1.21 bits per heavy atom. The summed E-state index contributed by atoms with van der Waals surface area (Å²) in [5.41, 5.74) is -2.63. The van der Waals surface area contributed by atoms with Gasteiger partial charge in [-0.15, -0.1) is 0 Å². The topological polar surface area (TPSA) is 116 Å². The van der Waals surface area contributed by atoms with Gasteiger partial charge in [0.05, 0.1) is 12.5 Å². The summed E-state index contributed by atoms with van der Waals surface area (Å²) in [6, 6.07) is 0. The highest BCUT2D eigenvalue weighted by Gasteiger charge is 2.79. The fraction of sp³-hybridized carbons (Fsp3) is 0.615. The van der Waals surface area contributed by atoms with Crippen molar-refractivity contribution in [3.8, 4) is 0 Å². The van der Waals surface area contributed by atoms with E-state index in [2.05, 4.69) is 6.58 Å². The number of esters is 3. The molecule has 184 valence electrons. The Hall–Kier alpha value is -2.74. The van der Waals surface area contributed by atoms with Crippen LogP contribution in [0, 0.1) is 22.2 Å². The third-order valence-corrected chi connectivity index (χ3v) is 8.86. The zero-order chi connectivity index (χ0) is 25.6. The van der Waals surface area contributed by atoms with E-state index in [4.69, 9.17) is 14.2 Å². The van der Waals surface area contributed by atoms with Gasteiger partial charge in [0.15, 0.2) is 18.0 Å². The monoisotopic (exact) mass is 472 g/mol. The van der Waals surface area contributed by atoms with E-state index in [0.29, 0.717) is 22.3 Å². The van der Waals surface area contributed by atoms with Crippen LogP contribution in [-0.2, 0) is 33.4 Å². The number of carbonyl (C=O) groups excluding carboxylic acids is 4. The van der Waals surface area contributed by atoms with Crippen molar-refractivity contribution in [3.05, 3.63) is 34.9 Å². The minimum absolute atomic E-state index is 0.275. The van der Waals surface area contributed by atoms with Gasteiger partial charge in [-0.05, 0) is 63.2 Å². The average molecular weight is 473 g/mol. The highest BCUT2D eigenvalue weighted by atomic mass is 16.6.